The number of benzene rings is 1. The summed E-state index contributed by atoms with van der Waals surface area (Å²) in [6.45, 7) is 3.56. The number of hydrogen-bond acceptors (Lipinski definition) is 4. The number of nitrogens with zero attached hydrogens (tertiary/aromatic N) is 1. The van der Waals surface area contributed by atoms with Crippen LogP contribution in [0, 0.1) is 0 Å². The first kappa shape index (κ1) is 13.8. The summed E-state index contributed by atoms with van der Waals surface area (Å²) in [5.74, 6) is 0.218. The molecule has 0 unspecified atom stereocenters. The Labute approximate surface area is 103 Å². The number of para-hydroxylation sites is 2. The van der Waals surface area contributed by atoms with Crippen LogP contribution in [0.1, 0.15) is 13.3 Å². The summed E-state index contributed by atoms with van der Waals surface area (Å²) in [6.07, 6.45) is 1.89. The van der Waals surface area contributed by atoms with E-state index in [0.29, 0.717) is 13.0 Å². The first-order valence-electron chi connectivity index (χ1n) is 5.71. The van der Waals surface area contributed by atoms with E-state index in [1.165, 1.54) is 6.26 Å². The molecule has 0 aliphatic carbocycles. The maximum absolute atomic E-state index is 11.1. The van der Waals surface area contributed by atoms with Crippen molar-refractivity contribution < 1.29 is 8.42 Å². The standard InChI is InChI=1S/C12H20N2O2S/c1-3-14(9-6-10-17(2,15)16)12-8-5-4-7-11(12)13/h4-5,7-8H,3,6,9-10,13H2,1-2H3. The predicted molar refractivity (Wildman–Crippen MR) is 73.1 cm³/mol. The number of nitrogen functional groups attached to an aromatic ring is 1. The Bertz CT molecular complexity index is 457. The van der Waals surface area contributed by atoms with E-state index in [1.807, 2.05) is 31.2 Å². The molecule has 2 N–H and O–H groups in total. The number of anilines is 2. The summed E-state index contributed by atoms with van der Waals surface area (Å²) >= 11 is 0. The van der Waals surface area contributed by atoms with E-state index in [1.54, 1.807) is 0 Å². The summed E-state index contributed by atoms with van der Waals surface area (Å²) in [5, 5.41) is 0. The lowest BCUT2D eigenvalue weighted by atomic mass is 10.2. The highest BCUT2D eigenvalue weighted by molar-refractivity contribution is 7.90. The molecule has 1 aromatic carbocycles. The van der Waals surface area contributed by atoms with E-state index >= 15 is 0 Å². The molecule has 0 atom stereocenters. The number of sulfone groups is 1. The van der Waals surface area contributed by atoms with Crippen LogP contribution in [0.2, 0.25) is 0 Å². The van der Waals surface area contributed by atoms with Crippen molar-refractivity contribution in [3.05, 3.63) is 24.3 Å². The quantitative estimate of drug-likeness (QED) is 0.784. The lowest BCUT2D eigenvalue weighted by Crippen LogP contribution is -2.26. The predicted octanol–water partition coefficient (Wildman–Crippen LogP) is 1.53. The Morgan fingerprint density at radius 2 is 1.94 bits per heavy atom. The van der Waals surface area contributed by atoms with Gasteiger partial charge in [-0.25, -0.2) is 8.42 Å². The van der Waals surface area contributed by atoms with E-state index in [2.05, 4.69) is 4.90 Å². The average molecular weight is 256 g/mol. The third-order valence-electron chi connectivity index (χ3n) is 2.60. The summed E-state index contributed by atoms with van der Waals surface area (Å²) in [7, 11) is -2.88. The zero-order valence-electron chi connectivity index (χ0n) is 10.4. The lowest BCUT2D eigenvalue weighted by Gasteiger charge is -2.24. The molecule has 0 spiro atoms. The first-order valence-corrected chi connectivity index (χ1v) is 7.77. The second-order valence-corrected chi connectivity index (χ2v) is 6.38. The summed E-state index contributed by atoms with van der Waals surface area (Å²) in [4.78, 5) is 2.10. The van der Waals surface area contributed by atoms with Crippen LogP contribution in [0.15, 0.2) is 24.3 Å². The van der Waals surface area contributed by atoms with Crippen molar-refractivity contribution in [3.63, 3.8) is 0 Å². The van der Waals surface area contributed by atoms with Crippen LogP contribution in [0.3, 0.4) is 0 Å². The SMILES string of the molecule is CCN(CCCS(C)(=O)=O)c1ccccc1N. The van der Waals surface area contributed by atoms with Gasteiger partial charge in [0.15, 0.2) is 0 Å². The van der Waals surface area contributed by atoms with Gasteiger partial charge < -0.3 is 10.6 Å². The largest absolute Gasteiger partial charge is 0.397 e. The van der Waals surface area contributed by atoms with E-state index in [4.69, 9.17) is 5.73 Å². The summed E-state index contributed by atoms with van der Waals surface area (Å²) in [5.41, 5.74) is 7.60. The molecule has 0 aromatic heterocycles. The van der Waals surface area contributed by atoms with Crippen molar-refractivity contribution in [1.82, 2.24) is 0 Å². The van der Waals surface area contributed by atoms with Gasteiger partial charge in [0, 0.05) is 19.3 Å². The molecule has 4 nitrogen and oxygen atoms in total. The molecule has 0 aliphatic heterocycles. The number of rotatable bonds is 6. The average Bonchev–Trinajstić information content (AvgIpc) is 2.24. The van der Waals surface area contributed by atoms with Gasteiger partial charge >= 0.3 is 0 Å². The fourth-order valence-electron chi connectivity index (χ4n) is 1.74. The molecule has 0 saturated carbocycles. The zero-order chi connectivity index (χ0) is 12.9. The maximum Gasteiger partial charge on any atom is 0.147 e. The molecular formula is C12H20N2O2S. The topological polar surface area (TPSA) is 63.4 Å². The van der Waals surface area contributed by atoms with Crippen LogP contribution in [-0.4, -0.2) is 33.5 Å². The van der Waals surface area contributed by atoms with Crippen LogP contribution in [0.4, 0.5) is 11.4 Å². The van der Waals surface area contributed by atoms with Gasteiger partial charge in [0.1, 0.15) is 9.84 Å². The molecule has 0 aliphatic rings. The Morgan fingerprint density at radius 1 is 1.29 bits per heavy atom. The molecule has 96 valence electrons. The van der Waals surface area contributed by atoms with E-state index in [-0.39, 0.29) is 5.75 Å². The highest BCUT2D eigenvalue weighted by atomic mass is 32.2. The van der Waals surface area contributed by atoms with Crippen molar-refractivity contribution in [2.75, 3.05) is 35.7 Å². The molecule has 0 radical (unpaired) electrons. The van der Waals surface area contributed by atoms with Gasteiger partial charge in [-0.1, -0.05) is 12.1 Å². The van der Waals surface area contributed by atoms with Crippen LogP contribution in [0.5, 0.6) is 0 Å². The van der Waals surface area contributed by atoms with Crippen LogP contribution < -0.4 is 10.6 Å². The van der Waals surface area contributed by atoms with Crippen molar-refractivity contribution in [2.24, 2.45) is 0 Å². The summed E-state index contributed by atoms with van der Waals surface area (Å²) < 4.78 is 22.1. The smallest absolute Gasteiger partial charge is 0.147 e. The van der Waals surface area contributed by atoms with Gasteiger partial charge in [-0.15, -0.1) is 0 Å². The fourth-order valence-corrected chi connectivity index (χ4v) is 2.40. The van der Waals surface area contributed by atoms with Gasteiger partial charge in [0.25, 0.3) is 0 Å². The molecule has 0 fully saturated rings. The number of hydrogen-bond donors (Lipinski definition) is 1. The van der Waals surface area contributed by atoms with E-state index in [0.717, 1.165) is 17.9 Å². The first-order chi connectivity index (χ1) is 7.94. The fraction of sp³-hybridized carbons (Fsp3) is 0.500. The van der Waals surface area contributed by atoms with E-state index in [9.17, 15) is 8.42 Å². The van der Waals surface area contributed by atoms with Gasteiger partial charge in [-0.3, -0.25) is 0 Å². The Balaban J connectivity index is 2.64. The van der Waals surface area contributed by atoms with Crippen LogP contribution >= 0.6 is 0 Å². The van der Waals surface area contributed by atoms with E-state index < -0.39 is 9.84 Å². The third kappa shape index (κ3) is 4.65. The van der Waals surface area contributed by atoms with Crippen molar-refractivity contribution in [2.45, 2.75) is 13.3 Å². The molecule has 1 rings (SSSR count). The number of nitrogens with two attached hydrogens (primary N) is 1. The summed E-state index contributed by atoms with van der Waals surface area (Å²) in [6, 6.07) is 7.64. The zero-order valence-corrected chi connectivity index (χ0v) is 11.2. The molecule has 0 saturated heterocycles. The molecule has 5 heteroatoms. The van der Waals surface area contributed by atoms with Crippen molar-refractivity contribution in [3.8, 4) is 0 Å². The second kappa shape index (κ2) is 5.91. The minimum atomic E-state index is -2.88. The van der Waals surface area contributed by atoms with Crippen molar-refractivity contribution in [1.29, 1.82) is 0 Å². The molecule has 0 amide bonds. The minimum absolute atomic E-state index is 0.218. The Morgan fingerprint density at radius 3 is 2.47 bits per heavy atom. The van der Waals surface area contributed by atoms with Gasteiger partial charge in [0.2, 0.25) is 0 Å². The lowest BCUT2D eigenvalue weighted by molar-refractivity contribution is 0.598. The maximum atomic E-state index is 11.1. The van der Waals surface area contributed by atoms with Crippen LogP contribution in [-0.2, 0) is 9.84 Å². The van der Waals surface area contributed by atoms with Crippen molar-refractivity contribution >= 4 is 21.2 Å². The van der Waals surface area contributed by atoms with Gasteiger partial charge in [-0.05, 0) is 25.5 Å². The Kier molecular flexibility index (Phi) is 4.81. The molecule has 17 heavy (non-hydrogen) atoms. The second-order valence-electron chi connectivity index (χ2n) is 4.12. The highest BCUT2D eigenvalue weighted by Crippen LogP contribution is 2.22. The third-order valence-corrected chi connectivity index (χ3v) is 3.63. The van der Waals surface area contributed by atoms with Gasteiger partial charge in [-0.2, -0.15) is 0 Å². The minimum Gasteiger partial charge on any atom is -0.397 e. The molecular weight excluding hydrogens is 236 g/mol. The molecule has 0 heterocycles. The van der Waals surface area contributed by atoms with Gasteiger partial charge in [0.05, 0.1) is 17.1 Å². The normalized spacial score (nSPS) is 11.4. The van der Waals surface area contributed by atoms with Crippen LogP contribution in [0.25, 0.3) is 0 Å². The molecule has 0 bridgehead atoms. The molecule has 1 aromatic rings. The highest BCUT2D eigenvalue weighted by Gasteiger charge is 2.08. The Hall–Kier alpha value is -1.23. The monoisotopic (exact) mass is 256 g/mol.